The zero-order valence-corrected chi connectivity index (χ0v) is 19.5. The summed E-state index contributed by atoms with van der Waals surface area (Å²) in [6.45, 7) is 4.60. The van der Waals surface area contributed by atoms with Crippen molar-refractivity contribution in [2.45, 2.75) is 11.3 Å². The Kier molecular flexibility index (Phi) is 6.18. The molecule has 1 fully saturated rings. The first-order valence-corrected chi connectivity index (χ1v) is 12.8. The Bertz CT molecular complexity index is 1240. The normalized spacial score (nSPS) is 18.6. The Labute approximate surface area is 194 Å². The maximum absolute atomic E-state index is 12.8. The average molecular weight is 472 g/mol. The van der Waals surface area contributed by atoms with Gasteiger partial charge in [-0.3, -0.25) is 4.90 Å². The molecule has 5 rings (SSSR count). The van der Waals surface area contributed by atoms with Gasteiger partial charge in [0.15, 0.2) is 11.5 Å². The smallest absolute Gasteiger partial charge is 0.240 e. The van der Waals surface area contributed by atoms with Crippen molar-refractivity contribution in [2.75, 3.05) is 46.0 Å². The highest BCUT2D eigenvalue weighted by Gasteiger charge is 2.25. The van der Waals surface area contributed by atoms with Crippen molar-refractivity contribution < 1.29 is 22.6 Å². The van der Waals surface area contributed by atoms with Gasteiger partial charge in [-0.25, -0.2) is 13.1 Å². The first kappa shape index (κ1) is 22.1. The van der Waals surface area contributed by atoms with Crippen molar-refractivity contribution in [3.05, 3.63) is 48.7 Å². The van der Waals surface area contributed by atoms with Crippen LogP contribution in [0.3, 0.4) is 0 Å². The Morgan fingerprint density at radius 3 is 2.94 bits per heavy atom. The molecule has 1 aromatic heterocycles. The third-order valence-corrected chi connectivity index (χ3v) is 7.72. The lowest BCUT2D eigenvalue weighted by atomic mass is 10.1. The molecule has 3 heterocycles. The van der Waals surface area contributed by atoms with E-state index in [0.717, 1.165) is 42.7 Å². The number of fused-ring (bicyclic) bond motifs is 2. The van der Waals surface area contributed by atoms with Crippen LogP contribution in [0.4, 0.5) is 0 Å². The molecule has 0 amide bonds. The summed E-state index contributed by atoms with van der Waals surface area (Å²) in [7, 11) is -1.59. The van der Waals surface area contributed by atoms with Gasteiger partial charge in [-0.15, -0.1) is 0 Å². The summed E-state index contributed by atoms with van der Waals surface area (Å²) in [6.07, 6.45) is 2.89. The van der Waals surface area contributed by atoms with E-state index in [1.54, 1.807) is 12.1 Å². The minimum absolute atomic E-state index is 0.279. The van der Waals surface area contributed by atoms with Crippen molar-refractivity contribution in [2.24, 2.45) is 13.0 Å². The maximum atomic E-state index is 12.8. The van der Waals surface area contributed by atoms with E-state index in [2.05, 4.69) is 9.62 Å². The Morgan fingerprint density at radius 2 is 2.03 bits per heavy atom. The summed E-state index contributed by atoms with van der Waals surface area (Å²) in [5.74, 6) is 2.37. The van der Waals surface area contributed by atoms with Crippen LogP contribution in [-0.4, -0.2) is 63.9 Å². The molecular formula is C24H29N3O5S. The molecule has 0 bridgehead atoms. The second-order valence-electron chi connectivity index (χ2n) is 8.58. The number of hydrogen-bond donors (Lipinski definition) is 1. The standard InChI is InChI=1S/C24H29N3O5S/c1-26-9-8-19-15-20(5-6-21(19)26)33(28,29)25-16-18-7-10-27(17-18)11-12-30-22-3-2-4-23-24(22)32-14-13-31-23/h2-6,8-9,15,18,25H,7,10-14,16-17H2,1H3. The molecule has 1 atom stereocenters. The molecule has 0 aliphatic carbocycles. The molecule has 0 radical (unpaired) electrons. The molecule has 2 aliphatic rings. The lowest BCUT2D eigenvalue weighted by Gasteiger charge is -2.22. The Balaban J connectivity index is 1.10. The van der Waals surface area contributed by atoms with E-state index in [1.807, 2.05) is 48.1 Å². The fraction of sp³-hybridized carbons (Fsp3) is 0.417. The molecule has 0 spiro atoms. The van der Waals surface area contributed by atoms with Gasteiger partial charge < -0.3 is 18.8 Å². The summed E-state index contributed by atoms with van der Waals surface area (Å²) >= 11 is 0. The number of likely N-dealkylation sites (tertiary alicyclic amines) is 1. The fourth-order valence-electron chi connectivity index (χ4n) is 4.47. The molecule has 0 saturated carbocycles. The van der Waals surface area contributed by atoms with Gasteiger partial charge in [-0.05, 0) is 55.3 Å². The van der Waals surface area contributed by atoms with E-state index in [-0.39, 0.29) is 5.92 Å². The molecule has 2 aromatic carbocycles. The Hall–Kier alpha value is -2.75. The van der Waals surface area contributed by atoms with E-state index < -0.39 is 10.0 Å². The largest absolute Gasteiger partial charge is 0.488 e. The average Bonchev–Trinajstić information content (AvgIpc) is 3.44. The van der Waals surface area contributed by atoms with Crippen LogP contribution in [0, 0.1) is 5.92 Å². The highest BCUT2D eigenvalue weighted by molar-refractivity contribution is 7.89. The number of ether oxygens (including phenoxy) is 3. The number of hydrogen-bond acceptors (Lipinski definition) is 6. The second-order valence-corrected chi connectivity index (χ2v) is 10.4. The topological polar surface area (TPSA) is 82.0 Å². The third-order valence-electron chi connectivity index (χ3n) is 6.29. The SMILES string of the molecule is Cn1ccc2cc(S(=O)(=O)NCC3CCN(CCOc4cccc5c4OCCO5)C3)ccc21. The highest BCUT2D eigenvalue weighted by atomic mass is 32.2. The molecule has 3 aromatic rings. The van der Waals surface area contributed by atoms with Crippen LogP contribution in [-0.2, 0) is 17.1 Å². The van der Waals surface area contributed by atoms with Crippen LogP contribution in [0.25, 0.3) is 10.9 Å². The molecule has 33 heavy (non-hydrogen) atoms. The Morgan fingerprint density at radius 1 is 1.15 bits per heavy atom. The van der Waals surface area contributed by atoms with Crippen molar-refractivity contribution in [1.29, 1.82) is 0 Å². The molecular weight excluding hydrogens is 442 g/mol. The molecule has 1 N–H and O–H groups in total. The van der Waals surface area contributed by atoms with Gasteiger partial charge in [0, 0.05) is 43.8 Å². The zero-order valence-electron chi connectivity index (χ0n) is 18.7. The van der Waals surface area contributed by atoms with Crippen molar-refractivity contribution in [3.63, 3.8) is 0 Å². The van der Waals surface area contributed by atoms with Crippen LogP contribution in [0.15, 0.2) is 53.6 Å². The predicted octanol–water partition coefficient (Wildman–Crippen LogP) is 2.63. The van der Waals surface area contributed by atoms with Gasteiger partial charge in [0.2, 0.25) is 15.8 Å². The minimum Gasteiger partial charge on any atom is -0.488 e. The first-order chi connectivity index (χ1) is 16.0. The van der Waals surface area contributed by atoms with E-state index >= 15 is 0 Å². The lowest BCUT2D eigenvalue weighted by Crippen LogP contribution is -2.32. The summed E-state index contributed by atoms with van der Waals surface area (Å²) in [5, 5.41) is 0.920. The maximum Gasteiger partial charge on any atom is 0.240 e. The molecule has 1 saturated heterocycles. The van der Waals surface area contributed by atoms with Gasteiger partial charge in [0.25, 0.3) is 0 Å². The molecule has 8 nitrogen and oxygen atoms in total. The summed E-state index contributed by atoms with van der Waals surface area (Å²) in [5.41, 5.74) is 1.01. The monoisotopic (exact) mass is 471 g/mol. The van der Waals surface area contributed by atoms with Gasteiger partial charge in [0.1, 0.15) is 19.8 Å². The fourth-order valence-corrected chi connectivity index (χ4v) is 5.62. The minimum atomic E-state index is -3.54. The van der Waals surface area contributed by atoms with Crippen LogP contribution in [0.5, 0.6) is 17.2 Å². The molecule has 176 valence electrons. The van der Waals surface area contributed by atoms with Gasteiger partial charge in [-0.2, -0.15) is 0 Å². The van der Waals surface area contributed by atoms with Crippen LogP contribution < -0.4 is 18.9 Å². The number of benzene rings is 2. The summed E-state index contributed by atoms with van der Waals surface area (Å²) in [4.78, 5) is 2.61. The lowest BCUT2D eigenvalue weighted by molar-refractivity contribution is 0.158. The van der Waals surface area contributed by atoms with Gasteiger partial charge in [-0.1, -0.05) is 6.07 Å². The first-order valence-electron chi connectivity index (χ1n) is 11.3. The number of aryl methyl sites for hydroxylation is 1. The number of para-hydroxylation sites is 1. The van der Waals surface area contributed by atoms with E-state index in [1.165, 1.54) is 0 Å². The van der Waals surface area contributed by atoms with E-state index in [9.17, 15) is 8.42 Å². The predicted molar refractivity (Wildman–Crippen MR) is 126 cm³/mol. The summed E-state index contributed by atoms with van der Waals surface area (Å²) in [6, 6.07) is 12.8. The highest BCUT2D eigenvalue weighted by Crippen LogP contribution is 2.38. The summed E-state index contributed by atoms with van der Waals surface area (Å²) < 4.78 is 47.6. The van der Waals surface area contributed by atoms with Crippen LogP contribution in [0.2, 0.25) is 0 Å². The van der Waals surface area contributed by atoms with Gasteiger partial charge in [0.05, 0.1) is 4.90 Å². The van der Waals surface area contributed by atoms with Crippen LogP contribution in [0.1, 0.15) is 6.42 Å². The number of sulfonamides is 1. The quantitative estimate of drug-likeness (QED) is 0.544. The second kappa shape index (κ2) is 9.24. The third kappa shape index (κ3) is 4.80. The van der Waals surface area contributed by atoms with Crippen molar-refractivity contribution >= 4 is 20.9 Å². The zero-order chi connectivity index (χ0) is 22.8. The number of nitrogens with zero attached hydrogens (tertiary/aromatic N) is 2. The van der Waals surface area contributed by atoms with E-state index in [0.29, 0.717) is 42.8 Å². The van der Waals surface area contributed by atoms with Crippen molar-refractivity contribution in [3.8, 4) is 17.2 Å². The molecule has 2 aliphatic heterocycles. The van der Waals surface area contributed by atoms with E-state index in [4.69, 9.17) is 14.2 Å². The molecule has 9 heteroatoms. The van der Waals surface area contributed by atoms with Crippen molar-refractivity contribution in [1.82, 2.24) is 14.2 Å². The van der Waals surface area contributed by atoms with Crippen LogP contribution >= 0.6 is 0 Å². The number of rotatable bonds is 8. The molecule has 1 unspecified atom stereocenters. The van der Waals surface area contributed by atoms with Gasteiger partial charge >= 0.3 is 0 Å². The number of nitrogens with one attached hydrogen (secondary N) is 1. The number of aromatic nitrogens is 1.